The Morgan fingerprint density at radius 2 is 1.13 bits per heavy atom. The minimum absolute atomic E-state index is 0.148. The van der Waals surface area contributed by atoms with E-state index in [4.69, 9.17) is 0 Å². The van der Waals surface area contributed by atoms with Gasteiger partial charge in [0.2, 0.25) is 0 Å². The molecule has 0 aromatic heterocycles. The molecule has 0 heteroatoms. The molecule has 0 amide bonds. The van der Waals surface area contributed by atoms with Crippen molar-refractivity contribution in [1.29, 1.82) is 0 Å². The van der Waals surface area contributed by atoms with E-state index in [1.54, 1.807) is 16.7 Å². The van der Waals surface area contributed by atoms with Gasteiger partial charge in [-0.15, -0.1) is 0 Å². The van der Waals surface area contributed by atoms with Gasteiger partial charge in [-0.25, -0.2) is 0 Å². The SMILES string of the molecule is CCC.CCCc1cccc2c1-c1ccccc1C2(C)C.CCc1ccccc1-c1cc(-c2ccc(C)cc2)ccc1C.Cc1ccccc1-c1ccccc1C1C=CC2=C(C1)C1=C(CCC=C1)C2(C)C. The molecule has 0 saturated heterocycles. The van der Waals surface area contributed by atoms with Crippen molar-refractivity contribution in [2.75, 3.05) is 0 Å². The van der Waals surface area contributed by atoms with Crippen LogP contribution < -0.4 is 0 Å². The van der Waals surface area contributed by atoms with E-state index in [2.05, 4.69) is 258 Å². The fourth-order valence-electron chi connectivity index (χ4n) is 11.7. The van der Waals surface area contributed by atoms with Gasteiger partial charge >= 0.3 is 0 Å². The minimum atomic E-state index is 0.148. The van der Waals surface area contributed by atoms with Gasteiger partial charge in [0.15, 0.2) is 0 Å². The van der Waals surface area contributed by atoms with Crippen LogP contribution in [-0.2, 0) is 18.3 Å². The van der Waals surface area contributed by atoms with Gasteiger partial charge in [0, 0.05) is 16.7 Å². The van der Waals surface area contributed by atoms with Crippen molar-refractivity contribution in [3.8, 4) is 44.5 Å². The fraction of sp³-hybridized carbons (Fsp3) is 0.296. The summed E-state index contributed by atoms with van der Waals surface area (Å²) in [6, 6.07) is 57.7. The van der Waals surface area contributed by atoms with Crippen molar-refractivity contribution in [1.82, 2.24) is 0 Å². The topological polar surface area (TPSA) is 0 Å². The van der Waals surface area contributed by atoms with E-state index in [0.29, 0.717) is 5.92 Å². The van der Waals surface area contributed by atoms with Crippen LogP contribution in [0.5, 0.6) is 0 Å². The molecule has 0 bridgehead atoms. The van der Waals surface area contributed by atoms with Gasteiger partial charge in [0.1, 0.15) is 0 Å². The summed E-state index contributed by atoms with van der Waals surface area (Å²) >= 11 is 0. The Kier molecular flexibility index (Phi) is 16.0. The van der Waals surface area contributed by atoms with Crippen LogP contribution in [-0.4, -0.2) is 0 Å². The van der Waals surface area contributed by atoms with E-state index < -0.39 is 0 Å². The highest BCUT2D eigenvalue weighted by Crippen LogP contribution is 2.55. The van der Waals surface area contributed by atoms with Gasteiger partial charge in [-0.05, 0) is 159 Å². The summed E-state index contributed by atoms with van der Waals surface area (Å²) in [5.41, 5.74) is 28.9. The Hall–Kier alpha value is -6.50. The number of hydrogen-bond donors (Lipinski definition) is 0. The minimum Gasteiger partial charge on any atom is -0.0836 e. The van der Waals surface area contributed by atoms with E-state index in [1.807, 2.05) is 0 Å². The standard InChI is InChI=1S/C28H28.C22H22.C18H20.C3H8/c1-19-10-4-5-11-21(19)23-13-7-6-12-22(23)20-16-17-27-25(18-20)24-14-8-9-15-26(24)28(27,2)3;1-4-18-7-5-6-8-21(18)22-15-20(14-11-17(22)3)19-12-9-16(2)10-13-19;1-4-8-13-9-7-12-16-17(13)14-10-5-6-11-15(14)18(16,2)3;1-3-2/h4-8,10-14,16-17,20H,9,15,18H2,1-3H3;5-15H,4H2,1-3H3;5-7,9-12H,4,8H2,1-3H3;3H2,1-2H3. The first-order valence-electron chi connectivity index (χ1n) is 26.8. The molecule has 71 heavy (non-hydrogen) atoms. The second kappa shape index (κ2) is 22.3. The molecule has 0 nitrogen and oxygen atoms in total. The molecule has 1 unspecified atom stereocenters. The summed E-state index contributed by atoms with van der Waals surface area (Å²) in [7, 11) is 0. The smallest absolute Gasteiger partial charge is 0.0158 e. The number of aryl methyl sites for hydroxylation is 5. The lowest BCUT2D eigenvalue weighted by Crippen LogP contribution is -2.16. The largest absolute Gasteiger partial charge is 0.0836 e. The summed E-state index contributed by atoms with van der Waals surface area (Å²) in [4.78, 5) is 0. The first-order valence-corrected chi connectivity index (χ1v) is 26.8. The second-order valence-corrected chi connectivity index (χ2v) is 21.3. The van der Waals surface area contributed by atoms with Crippen molar-refractivity contribution in [3.05, 3.63) is 249 Å². The van der Waals surface area contributed by atoms with Crippen molar-refractivity contribution in [2.45, 2.75) is 132 Å². The van der Waals surface area contributed by atoms with Crippen molar-refractivity contribution < 1.29 is 0 Å². The van der Waals surface area contributed by atoms with Crippen molar-refractivity contribution >= 4 is 0 Å². The fourth-order valence-corrected chi connectivity index (χ4v) is 11.7. The second-order valence-electron chi connectivity index (χ2n) is 21.3. The van der Waals surface area contributed by atoms with E-state index >= 15 is 0 Å². The molecule has 0 aliphatic heterocycles. The molecule has 7 aromatic carbocycles. The number of allylic oxidation sites excluding steroid dienone is 8. The third-order valence-corrected chi connectivity index (χ3v) is 15.5. The number of hydrogen-bond acceptors (Lipinski definition) is 0. The van der Waals surface area contributed by atoms with E-state index in [0.717, 1.165) is 12.8 Å². The maximum Gasteiger partial charge on any atom is 0.0158 e. The average molecular weight is 931 g/mol. The Morgan fingerprint density at radius 1 is 0.521 bits per heavy atom. The van der Waals surface area contributed by atoms with Crippen LogP contribution in [0.1, 0.15) is 138 Å². The normalized spacial score (nSPS) is 16.3. The molecule has 7 aromatic rings. The Bertz CT molecular complexity index is 3120. The third kappa shape index (κ3) is 10.5. The zero-order valence-electron chi connectivity index (χ0n) is 44.8. The van der Waals surface area contributed by atoms with Crippen LogP contribution in [0, 0.1) is 26.2 Å². The van der Waals surface area contributed by atoms with Gasteiger partial charge in [-0.2, -0.15) is 0 Å². The van der Waals surface area contributed by atoms with Crippen LogP contribution in [0.2, 0.25) is 0 Å². The van der Waals surface area contributed by atoms with Crippen LogP contribution in [0.25, 0.3) is 44.5 Å². The summed E-state index contributed by atoms with van der Waals surface area (Å²) in [6.45, 7) is 24.8. The van der Waals surface area contributed by atoms with Crippen LogP contribution >= 0.6 is 0 Å². The average Bonchev–Trinajstić information content (AvgIpc) is 3.77. The highest BCUT2D eigenvalue weighted by Gasteiger charge is 2.40. The monoisotopic (exact) mass is 931 g/mol. The predicted octanol–water partition coefficient (Wildman–Crippen LogP) is 20.3. The lowest BCUT2D eigenvalue weighted by molar-refractivity contribution is 0.531. The predicted molar refractivity (Wildman–Crippen MR) is 309 cm³/mol. The maximum absolute atomic E-state index is 2.46. The van der Waals surface area contributed by atoms with E-state index in [-0.39, 0.29) is 10.8 Å². The quantitative estimate of drug-likeness (QED) is 0.149. The molecule has 0 spiro atoms. The molecular weight excluding hydrogens is 853 g/mol. The molecule has 0 saturated carbocycles. The molecule has 0 heterocycles. The Labute approximate surface area is 429 Å². The summed E-state index contributed by atoms with van der Waals surface area (Å²) in [6.07, 6.45) is 17.9. The van der Waals surface area contributed by atoms with Gasteiger partial charge in [-0.1, -0.05) is 255 Å². The number of benzene rings is 7. The Balaban J connectivity index is 0.000000142. The zero-order valence-corrected chi connectivity index (χ0v) is 44.8. The van der Waals surface area contributed by atoms with Crippen LogP contribution in [0.3, 0.4) is 0 Å². The molecule has 4 aliphatic carbocycles. The summed E-state index contributed by atoms with van der Waals surface area (Å²) in [5, 5.41) is 0. The highest BCUT2D eigenvalue weighted by molar-refractivity contribution is 5.83. The van der Waals surface area contributed by atoms with Gasteiger partial charge < -0.3 is 0 Å². The molecule has 362 valence electrons. The van der Waals surface area contributed by atoms with Gasteiger partial charge in [-0.3, -0.25) is 0 Å². The van der Waals surface area contributed by atoms with Crippen molar-refractivity contribution in [3.63, 3.8) is 0 Å². The number of rotatable bonds is 7. The van der Waals surface area contributed by atoms with Gasteiger partial charge in [0.05, 0.1) is 0 Å². The molecular formula is C71H78. The molecule has 11 rings (SSSR count). The maximum atomic E-state index is 2.46. The summed E-state index contributed by atoms with van der Waals surface area (Å²) in [5.74, 6) is 0.438. The first kappa shape index (κ1) is 50.9. The van der Waals surface area contributed by atoms with E-state index in [1.165, 1.54) is 127 Å². The van der Waals surface area contributed by atoms with Crippen molar-refractivity contribution in [2.24, 2.45) is 5.41 Å². The van der Waals surface area contributed by atoms with E-state index in [9.17, 15) is 0 Å². The molecule has 4 aliphatic rings. The summed E-state index contributed by atoms with van der Waals surface area (Å²) < 4.78 is 0. The third-order valence-electron chi connectivity index (χ3n) is 15.5. The number of fused-ring (bicyclic) bond motifs is 4. The lowest BCUT2D eigenvalue weighted by Gasteiger charge is -2.29. The first-order chi connectivity index (χ1) is 34.3. The molecule has 1 atom stereocenters. The zero-order chi connectivity index (χ0) is 50.3. The van der Waals surface area contributed by atoms with Crippen LogP contribution in [0.4, 0.5) is 0 Å². The molecule has 0 fully saturated rings. The van der Waals surface area contributed by atoms with Gasteiger partial charge in [0.25, 0.3) is 0 Å². The van der Waals surface area contributed by atoms with Crippen LogP contribution in [0.15, 0.2) is 204 Å². The lowest BCUT2D eigenvalue weighted by atomic mass is 9.75. The molecule has 0 radical (unpaired) electrons. The highest BCUT2D eigenvalue weighted by atomic mass is 14.4. The Morgan fingerprint density at radius 3 is 1.85 bits per heavy atom. The molecule has 0 N–H and O–H groups in total.